The molecule has 0 fully saturated rings. The maximum absolute atomic E-state index is 9.77. The van der Waals surface area contributed by atoms with E-state index in [9.17, 15) is 15.8 Å². The minimum Gasteiger partial charge on any atom is -0.247 e. The molecule has 0 unspecified atom stereocenters. The summed E-state index contributed by atoms with van der Waals surface area (Å²) in [5.74, 6) is 0. The first-order valence-corrected chi connectivity index (χ1v) is 13.8. The van der Waals surface area contributed by atoms with Crippen molar-refractivity contribution in [1.82, 2.24) is 13.7 Å². The Morgan fingerprint density at radius 1 is 0.674 bits per heavy atom. The second-order valence-corrected chi connectivity index (χ2v) is 10.3. The highest BCUT2D eigenvalue weighted by molar-refractivity contribution is 7.00. The highest BCUT2D eigenvalue weighted by atomic mass is 32.1. The molecule has 0 N–H and O–H groups in total. The van der Waals surface area contributed by atoms with Gasteiger partial charge in [-0.1, -0.05) is 66.7 Å². The average Bonchev–Trinajstić information content (AvgIpc) is 3.57. The van der Waals surface area contributed by atoms with Gasteiger partial charge in [-0.15, -0.1) is 0 Å². The van der Waals surface area contributed by atoms with Gasteiger partial charge in [0.15, 0.2) is 5.69 Å². The molecule has 0 aliphatic rings. The van der Waals surface area contributed by atoms with Crippen molar-refractivity contribution in [3.63, 3.8) is 0 Å². The van der Waals surface area contributed by atoms with Gasteiger partial charge in [-0.25, -0.2) is 9.83 Å². The van der Waals surface area contributed by atoms with Crippen molar-refractivity contribution in [3.05, 3.63) is 119 Å². The molecule has 0 atom stereocenters. The first-order chi connectivity index (χ1) is 21.1. The molecule has 5 aromatic carbocycles. The lowest BCUT2D eigenvalue weighted by molar-refractivity contribution is 1.41. The third-order valence-corrected chi connectivity index (χ3v) is 7.99. The third-order valence-electron chi connectivity index (χ3n) is 7.46. The zero-order valence-electron chi connectivity index (χ0n) is 22.2. The summed E-state index contributed by atoms with van der Waals surface area (Å²) in [4.78, 5) is 8.58. The number of benzene rings is 5. The van der Waals surface area contributed by atoms with Gasteiger partial charge in [0.25, 0.3) is 0 Å². The number of pyridine rings is 1. The molecule has 0 aliphatic heterocycles. The Bertz CT molecular complexity index is 2400. The van der Waals surface area contributed by atoms with Crippen LogP contribution in [0, 0.1) is 40.6 Å². The molecular weight excluding hydrogens is 551 g/mol. The second kappa shape index (κ2) is 10.2. The highest BCUT2D eigenvalue weighted by Gasteiger charge is 2.20. The molecular formula is C35H15N7S. The van der Waals surface area contributed by atoms with E-state index in [2.05, 4.69) is 23.0 Å². The quantitative estimate of drug-likeness (QED) is 0.157. The SMILES string of the molecule is [C-]#[N+]c1ccc(-c2nc3ccccc3c3c2cc(-c2ccc(-c4c(C#N)cc(C#N)cc4C#N)cc2)c2nsnc23)cc1. The number of nitriles is 3. The van der Waals surface area contributed by atoms with E-state index >= 15 is 0 Å². The van der Waals surface area contributed by atoms with E-state index in [1.54, 1.807) is 12.1 Å². The molecule has 7 rings (SSSR count). The molecule has 2 aromatic heterocycles. The largest absolute Gasteiger partial charge is 0.247 e. The van der Waals surface area contributed by atoms with E-state index < -0.39 is 0 Å². The van der Waals surface area contributed by atoms with Crippen LogP contribution in [0.4, 0.5) is 5.69 Å². The van der Waals surface area contributed by atoms with Crippen molar-refractivity contribution in [1.29, 1.82) is 15.8 Å². The van der Waals surface area contributed by atoms with E-state index in [4.69, 9.17) is 20.3 Å². The first kappa shape index (κ1) is 25.5. The zero-order chi connectivity index (χ0) is 29.5. The number of hydrogen-bond acceptors (Lipinski definition) is 7. The summed E-state index contributed by atoms with van der Waals surface area (Å²) < 4.78 is 9.43. The van der Waals surface area contributed by atoms with E-state index in [0.29, 0.717) is 16.8 Å². The first-order valence-electron chi connectivity index (χ1n) is 13.1. The minimum atomic E-state index is 0.267. The predicted octanol–water partition coefficient (Wildman–Crippen LogP) is 8.56. The lowest BCUT2D eigenvalue weighted by atomic mass is 9.91. The maximum Gasteiger partial charge on any atom is 0.187 e. The third kappa shape index (κ3) is 4.12. The highest BCUT2D eigenvalue weighted by Crippen LogP contribution is 2.41. The summed E-state index contributed by atoms with van der Waals surface area (Å²) in [5, 5.41) is 31.7. The lowest BCUT2D eigenvalue weighted by Gasteiger charge is -2.14. The van der Waals surface area contributed by atoms with Crippen LogP contribution in [0.5, 0.6) is 0 Å². The number of aromatic nitrogens is 3. The fourth-order valence-corrected chi connectivity index (χ4v) is 6.08. The standard InChI is InChI=1S/C35H15N7S/c1-39-26-12-10-23(11-13-26)33-29-16-28(34-35(42-43-41-34)32(29)27-4-2-3-5-30(27)40-33)21-6-8-22(9-7-21)31-24(18-37)14-20(17-36)15-25(31)19-38/h2-16H. The van der Waals surface area contributed by atoms with Gasteiger partial charge in [-0.2, -0.15) is 24.5 Å². The van der Waals surface area contributed by atoms with Crippen LogP contribution in [0.3, 0.4) is 0 Å². The van der Waals surface area contributed by atoms with E-state index in [1.165, 1.54) is 12.1 Å². The van der Waals surface area contributed by atoms with Crippen molar-refractivity contribution in [2.75, 3.05) is 0 Å². The van der Waals surface area contributed by atoms with Crippen LogP contribution in [0.1, 0.15) is 16.7 Å². The molecule has 2 heterocycles. The summed E-state index contributed by atoms with van der Waals surface area (Å²) in [5.41, 5.74) is 8.39. The number of rotatable bonds is 3. The van der Waals surface area contributed by atoms with Gasteiger partial charge in [-0.05, 0) is 41.0 Å². The van der Waals surface area contributed by atoms with Gasteiger partial charge in [0.1, 0.15) is 11.0 Å². The molecule has 0 saturated carbocycles. The van der Waals surface area contributed by atoms with Crippen molar-refractivity contribution in [2.45, 2.75) is 0 Å². The van der Waals surface area contributed by atoms with Crippen LogP contribution >= 0.6 is 11.7 Å². The van der Waals surface area contributed by atoms with Crippen LogP contribution in [0.25, 0.3) is 71.1 Å². The van der Waals surface area contributed by atoms with E-state index in [0.717, 1.165) is 66.8 Å². The van der Waals surface area contributed by atoms with Gasteiger partial charge in [0.2, 0.25) is 0 Å². The summed E-state index contributed by atoms with van der Waals surface area (Å²) in [6.07, 6.45) is 0. The molecule has 196 valence electrons. The van der Waals surface area contributed by atoms with Gasteiger partial charge >= 0.3 is 0 Å². The number of para-hydroxylation sites is 1. The Morgan fingerprint density at radius 3 is 2.00 bits per heavy atom. The Kier molecular flexibility index (Phi) is 6.04. The van der Waals surface area contributed by atoms with Crippen LogP contribution in [0.15, 0.2) is 91.0 Å². The molecule has 0 saturated heterocycles. The number of nitrogens with zero attached hydrogens (tertiary/aromatic N) is 7. The maximum atomic E-state index is 9.77. The van der Waals surface area contributed by atoms with Gasteiger partial charge in [-0.3, -0.25) is 0 Å². The van der Waals surface area contributed by atoms with Crippen molar-refractivity contribution in [2.24, 2.45) is 0 Å². The summed E-state index contributed by atoms with van der Waals surface area (Å²) >= 11 is 1.15. The summed E-state index contributed by atoms with van der Waals surface area (Å²) in [6, 6.07) is 34.4. The van der Waals surface area contributed by atoms with Crippen LogP contribution in [-0.2, 0) is 0 Å². The average molecular weight is 566 g/mol. The topological polar surface area (TPSA) is 114 Å². The molecule has 0 amide bonds. The van der Waals surface area contributed by atoms with Gasteiger partial charge in [0, 0.05) is 27.3 Å². The Morgan fingerprint density at radius 2 is 1.33 bits per heavy atom. The molecule has 0 radical (unpaired) electrons. The monoisotopic (exact) mass is 565 g/mol. The molecule has 0 bridgehead atoms. The van der Waals surface area contributed by atoms with E-state index in [1.807, 2.05) is 66.7 Å². The molecule has 0 spiro atoms. The summed E-state index contributed by atoms with van der Waals surface area (Å²) in [7, 11) is 0. The number of fused-ring (bicyclic) bond motifs is 5. The smallest absolute Gasteiger partial charge is 0.187 e. The minimum absolute atomic E-state index is 0.267. The lowest BCUT2D eigenvalue weighted by Crippen LogP contribution is -1.94. The molecule has 7 aromatic rings. The van der Waals surface area contributed by atoms with Crippen molar-refractivity contribution >= 4 is 50.1 Å². The van der Waals surface area contributed by atoms with Gasteiger partial charge < -0.3 is 0 Å². The van der Waals surface area contributed by atoms with Crippen LogP contribution in [0.2, 0.25) is 0 Å². The Hall–Kier alpha value is -6.45. The fraction of sp³-hybridized carbons (Fsp3) is 0. The van der Waals surface area contributed by atoms with E-state index in [-0.39, 0.29) is 16.7 Å². The van der Waals surface area contributed by atoms with Crippen LogP contribution < -0.4 is 0 Å². The molecule has 43 heavy (non-hydrogen) atoms. The van der Waals surface area contributed by atoms with Crippen molar-refractivity contribution < 1.29 is 0 Å². The van der Waals surface area contributed by atoms with Crippen molar-refractivity contribution in [3.8, 4) is 51.7 Å². The predicted molar refractivity (Wildman–Crippen MR) is 167 cm³/mol. The molecule has 0 aliphatic carbocycles. The molecule has 8 heteroatoms. The van der Waals surface area contributed by atoms with Gasteiger partial charge in [0.05, 0.1) is 64.4 Å². The second-order valence-electron chi connectivity index (χ2n) is 9.80. The fourth-order valence-electron chi connectivity index (χ4n) is 5.51. The normalized spacial score (nSPS) is 10.7. The molecule has 7 nitrogen and oxygen atoms in total. The zero-order valence-corrected chi connectivity index (χ0v) is 23.0. The van der Waals surface area contributed by atoms with Crippen LogP contribution in [-0.4, -0.2) is 13.7 Å². The Labute approximate surface area is 249 Å². The summed E-state index contributed by atoms with van der Waals surface area (Å²) in [6.45, 7) is 7.34. The Balaban J connectivity index is 1.47. The number of hydrogen-bond donors (Lipinski definition) is 0.